The fourth-order valence-electron chi connectivity index (χ4n) is 2.89. The van der Waals surface area contributed by atoms with Crippen LogP contribution in [0.1, 0.15) is 16.8 Å². The highest BCUT2D eigenvalue weighted by Crippen LogP contribution is 2.20. The smallest absolute Gasteiger partial charge is 0.253 e. The molecule has 1 aliphatic rings. The fraction of sp³-hybridized carbons (Fsp3) is 0.333. The summed E-state index contributed by atoms with van der Waals surface area (Å²) in [7, 11) is 0. The normalized spacial score (nSPS) is 14.6. The average molecular weight is 408 g/mol. The van der Waals surface area contributed by atoms with Crippen LogP contribution in [0.25, 0.3) is 0 Å². The summed E-state index contributed by atoms with van der Waals surface area (Å²) in [6, 6.07) is 8.36. The van der Waals surface area contributed by atoms with Crippen molar-refractivity contribution in [2.45, 2.75) is 6.42 Å². The van der Waals surface area contributed by atoms with Gasteiger partial charge in [-0.15, -0.1) is 5.10 Å². The second kappa shape index (κ2) is 9.01. The molecular formula is C18H19Cl2N5O2. The quantitative estimate of drug-likeness (QED) is 0.840. The summed E-state index contributed by atoms with van der Waals surface area (Å²) >= 11 is 11.9. The molecule has 1 aliphatic heterocycles. The number of carbonyl (C=O) groups excluding carboxylic acids is 2. The first-order valence-electron chi connectivity index (χ1n) is 8.58. The molecule has 0 spiro atoms. The zero-order valence-electron chi connectivity index (χ0n) is 14.6. The van der Waals surface area contributed by atoms with E-state index in [4.69, 9.17) is 23.2 Å². The molecule has 1 aromatic heterocycles. The monoisotopic (exact) mass is 407 g/mol. The van der Waals surface area contributed by atoms with E-state index in [1.165, 1.54) is 12.1 Å². The Labute approximate surface area is 167 Å². The highest BCUT2D eigenvalue weighted by Gasteiger charge is 2.21. The molecule has 0 unspecified atom stereocenters. The number of aromatic nitrogens is 2. The summed E-state index contributed by atoms with van der Waals surface area (Å²) in [5, 5.41) is 11.3. The fourth-order valence-corrected chi connectivity index (χ4v) is 3.39. The molecule has 0 radical (unpaired) electrons. The number of nitrogens with zero attached hydrogens (tertiary/aromatic N) is 4. The topological polar surface area (TPSA) is 78.4 Å². The molecule has 2 aromatic rings. The van der Waals surface area contributed by atoms with Gasteiger partial charge >= 0.3 is 0 Å². The van der Waals surface area contributed by atoms with Gasteiger partial charge in [0.15, 0.2) is 5.82 Å². The third-order valence-corrected chi connectivity index (χ3v) is 4.85. The summed E-state index contributed by atoms with van der Waals surface area (Å²) in [6.45, 7) is 2.58. The van der Waals surface area contributed by atoms with Crippen molar-refractivity contribution in [3.63, 3.8) is 0 Å². The van der Waals surface area contributed by atoms with Gasteiger partial charge in [-0.1, -0.05) is 23.2 Å². The van der Waals surface area contributed by atoms with Gasteiger partial charge in [0.1, 0.15) is 0 Å². The molecule has 1 fully saturated rings. The summed E-state index contributed by atoms with van der Waals surface area (Å²) in [4.78, 5) is 28.6. The van der Waals surface area contributed by atoms with Crippen LogP contribution in [0.2, 0.25) is 10.0 Å². The van der Waals surface area contributed by atoms with E-state index in [9.17, 15) is 9.59 Å². The summed E-state index contributed by atoms with van der Waals surface area (Å²) < 4.78 is 0. The molecule has 142 valence electrons. The van der Waals surface area contributed by atoms with Crippen molar-refractivity contribution in [2.75, 3.05) is 37.6 Å². The van der Waals surface area contributed by atoms with Gasteiger partial charge < -0.3 is 15.1 Å². The largest absolute Gasteiger partial charge is 0.353 e. The Kier molecular flexibility index (Phi) is 6.47. The van der Waals surface area contributed by atoms with Gasteiger partial charge in [-0.05, 0) is 36.8 Å². The van der Waals surface area contributed by atoms with Crippen molar-refractivity contribution < 1.29 is 9.59 Å². The first kappa shape index (κ1) is 19.4. The highest BCUT2D eigenvalue weighted by molar-refractivity contribution is 6.36. The number of rotatable bonds is 4. The molecule has 2 amide bonds. The molecule has 3 rings (SSSR count). The van der Waals surface area contributed by atoms with E-state index in [0.717, 1.165) is 18.8 Å². The lowest BCUT2D eigenvalue weighted by Crippen LogP contribution is -2.42. The lowest BCUT2D eigenvalue weighted by atomic mass is 10.2. The number of nitrogens with one attached hydrogen (secondary N) is 1. The number of benzene rings is 1. The number of hydrogen-bond acceptors (Lipinski definition) is 5. The molecule has 1 N–H and O–H groups in total. The van der Waals surface area contributed by atoms with E-state index >= 15 is 0 Å². The van der Waals surface area contributed by atoms with Gasteiger partial charge in [-0.3, -0.25) is 9.59 Å². The van der Waals surface area contributed by atoms with Crippen LogP contribution in [-0.2, 0) is 4.79 Å². The van der Waals surface area contributed by atoms with Gasteiger partial charge in [0, 0.05) is 37.4 Å². The number of carbonyl (C=O) groups is 2. The third kappa shape index (κ3) is 5.08. The lowest BCUT2D eigenvalue weighted by Gasteiger charge is -2.22. The Morgan fingerprint density at radius 1 is 1.11 bits per heavy atom. The van der Waals surface area contributed by atoms with E-state index in [0.29, 0.717) is 30.2 Å². The SMILES string of the molecule is O=C(NCC(=O)N1CCCN(c2cccnn2)CC1)c1ccc(Cl)cc1Cl. The molecule has 9 heteroatoms. The minimum absolute atomic E-state index is 0.0804. The minimum atomic E-state index is -0.402. The average Bonchev–Trinajstić information content (AvgIpc) is 2.93. The maximum Gasteiger partial charge on any atom is 0.253 e. The maximum atomic E-state index is 12.5. The van der Waals surface area contributed by atoms with Gasteiger partial charge in [-0.25, -0.2) is 0 Å². The molecule has 1 aromatic carbocycles. The molecule has 7 nitrogen and oxygen atoms in total. The first-order valence-corrected chi connectivity index (χ1v) is 9.34. The van der Waals surface area contributed by atoms with Crippen molar-refractivity contribution in [3.05, 3.63) is 52.1 Å². The van der Waals surface area contributed by atoms with E-state index in [2.05, 4.69) is 20.4 Å². The lowest BCUT2D eigenvalue weighted by molar-refractivity contribution is -0.129. The first-order chi connectivity index (χ1) is 13.0. The second-order valence-corrected chi connectivity index (χ2v) is 6.95. The Morgan fingerprint density at radius 3 is 2.70 bits per heavy atom. The van der Waals surface area contributed by atoms with Crippen molar-refractivity contribution in [1.29, 1.82) is 0 Å². The molecule has 27 heavy (non-hydrogen) atoms. The van der Waals surface area contributed by atoms with Gasteiger partial charge in [0.2, 0.25) is 5.91 Å². The maximum absolute atomic E-state index is 12.5. The standard InChI is InChI=1S/C18H19Cl2N5O2/c19-13-4-5-14(15(20)11-13)18(27)21-12-17(26)25-8-2-7-24(9-10-25)16-3-1-6-22-23-16/h1,3-6,11H,2,7-10,12H2,(H,21,27). The van der Waals surface area contributed by atoms with Gasteiger partial charge in [0.05, 0.1) is 17.1 Å². The van der Waals surface area contributed by atoms with Crippen LogP contribution in [0.15, 0.2) is 36.5 Å². The molecule has 2 heterocycles. The van der Waals surface area contributed by atoms with E-state index in [1.807, 2.05) is 12.1 Å². The number of halogens is 2. The summed E-state index contributed by atoms with van der Waals surface area (Å²) in [5.74, 6) is 0.271. The van der Waals surface area contributed by atoms with Crippen LogP contribution in [0.5, 0.6) is 0 Å². The van der Waals surface area contributed by atoms with Crippen molar-refractivity contribution >= 4 is 40.8 Å². The van der Waals surface area contributed by atoms with Crippen LogP contribution in [0.3, 0.4) is 0 Å². The van der Waals surface area contributed by atoms with Crippen molar-refractivity contribution in [1.82, 2.24) is 20.4 Å². The van der Waals surface area contributed by atoms with Crippen LogP contribution in [-0.4, -0.2) is 59.6 Å². The van der Waals surface area contributed by atoms with E-state index < -0.39 is 5.91 Å². The van der Waals surface area contributed by atoms with Crippen molar-refractivity contribution in [3.8, 4) is 0 Å². The van der Waals surface area contributed by atoms with E-state index in [-0.39, 0.29) is 17.5 Å². The molecule has 1 saturated heterocycles. The zero-order chi connectivity index (χ0) is 19.2. The number of anilines is 1. The van der Waals surface area contributed by atoms with Crippen LogP contribution in [0, 0.1) is 0 Å². The van der Waals surface area contributed by atoms with Gasteiger partial charge in [-0.2, -0.15) is 5.10 Å². The Bertz CT molecular complexity index is 819. The molecule has 0 saturated carbocycles. The third-order valence-electron chi connectivity index (χ3n) is 4.31. The van der Waals surface area contributed by atoms with Gasteiger partial charge in [0.25, 0.3) is 5.91 Å². The minimum Gasteiger partial charge on any atom is -0.353 e. The van der Waals surface area contributed by atoms with Crippen LogP contribution < -0.4 is 10.2 Å². The molecule has 0 aliphatic carbocycles. The van der Waals surface area contributed by atoms with Crippen molar-refractivity contribution in [2.24, 2.45) is 0 Å². The molecule has 0 atom stereocenters. The van der Waals surface area contributed by atoms with Crippen LogP contribution >= 0.6 is 23.2 Å². The molecular weight excluding hydrogens is 389 g/mol. The van der Waals surface area contributed by atoms with E-state index in [1.54, 1.807) is 17.2 Å². The highest BCUT2D eigenvalue weighted by atomic mass is 35.5. The molecule has 0 bridgehead atoms. The predicted octanol–water partition coefficient (Wildman–Crippen LogP) is 2.25. The Hall–Kier alpha value is -2.38. The summed E-state index contributed by atoms with van der Waals surface area (Å²) in [6.07, 6.45) is 2.45. The summed E-state index contributed by atoms with van der Waals surface area (Å²) in [5.41, 5.74) is 0.290. The second-order valence-electron chi connectivity index (χ2n) is 6.11. The van der Waals surface area contributed by atoms with Crippen LogP contribution in [0.4, 0.5) is 5.82 Å². The Morgan fingerprint density at radius 2 is 1.96 bits per heavy atom. The zero-order valence-corrected chi connectivity index (χ0v) is 16.1. The Balaban J connectivity index is 1.53. The number of amides is 2. The predicted molar refractivity (Wildman–Crippen MR) is 104 cm³/mol. The number of hydrogen-bond donors (Lipinski definition) is 1.